The zero-order valence-electron chi connectivity index (χ0n) is 14.2. The first-order valence-corrected chi connectivity index (χ1v) is 8.07. The minimum absolute atomic E-state index is 0.0321. The molecule has 0 spiro atoms. The van der Waals surface area contributed by atoms with Gasteiger partial charge in [0.15, 0.2) is 0 Å². The van der Waals surface area contributed by atoms with E-state index >= 15 is 0 Å². The van der Waals surface area contributed by atoms with E-state index in [9.17, 15) is 29.1 Å². The molecular weight excluding hydrogens is 358 g/mol. The summed E-state index contributed by atoms with van der Waals surface area (Å²) < 4.78 is 0.700. The highest BCUT2D eigenvalue weighted by molar-refractivity contribution is 5.83. The standard InChI is InChI=1S/C16H19N5O6/c17-15(26)18-7-3-6-11(14(24)25)19-12(22)8-21-13(23)9-4-1-2-5-10(9)20-16(21)27/h1-2,4-5,11H,3,6-8H2,(H,19,22)(H,20,27)(H,24,25)(H3,17,18,26)/t11-/m1/s1. The number of amides is 3. The number of nitrogens with zero attached hydrogens (tertiary/aromatic N) is 1. The van der Waals surface area contributed by atoms with E-state index in [4.69, 9.17) is 5.73 Å². The third kappa shape index (κ3) is 5.17. The van der Waals surface area contributed by atoms with E-state index in [1.807, 2.05) is 0 Å². The first kappa shape index (κ1) is 19.7. The first-order chi connectivity index (χ1) is 12.8. The van der Waals surface area contributed by atoms with Gasteiger partial charge in [0, 0.05) is 6.54 Å². The van der Waals surface area contributed by atoms with Gasteiger partial charge in [0.25, 0.3) is 5.56 Å². The largest absolute Gasteiger partial charge is 0.480 e. The molecule has 144 valence electrons. The number of primary amides is 1. The molecule has 11 nitrogen and oxygen atoms in total. The lowest BCUT2D eigenvalue weighted by molar-refractivity contribution is -0.142. The van der Waals surface area contributed by atoms with Crippen molar-refractivity contribution in [2.24, 2.45) is 5.73 Å². The van der Waals surface area contributed by atoms with Crippen molar-refractivity contribution in [1.29, 1.82) is 0 Å². The summed E-state index contributed by atoms with van der Waals surface area (Å²) in [5.41, 5.74) is 3.82. The fraction of sp³-hybridized carbons (Fsp3) is 0.312. The number of H-pyrrole nitrogens is 1. The first-order valence-electron chi connectivity index (χ1n) is 8.07. The van der Waals surface area contributed by atoms with Crippen molar-refractivity contribution < 1.29 is 19.5 Å². The van der Waals surface area contributed by atoms with Crippen molar-refractivity contribution in [3.63, 3.8) is 0 Å². The molecule has 6 N–H and O–H groups in total. The number of urea groups is 1. The number of hydrogen-bond donors (Lipinski definition) is 5. The number of nitrogens with two attached hydrogens (primary N) is 1. The number of carbonyl (C=O) groups excluding carboxylic acids is 2. The van der Waals surface area contributed by atoms with Crippen LogP contribution in [0.4, 0.5) is 4.79 Å². The number of carboxylic acid groups (broad SMARTS) is 1. The van der Waals surface area contributed by atoms with Crippen LogP contribution in [0.2, 0.25) is 0 Å². The molecule has 3 amide bonds. The van der Waals surface area contributed by atoms with Crippen LogP contribution < -0.4 is 27.6 Å². The summed E-state index contributed by atoms with van der Waals surface area (Å²) in [7, 11) is 0. The highest BCUT2D eigenvalue weighted by atomic mass is 16.4. The van der Waals surface area contributed by atoms with Crippen LogP contribution >= 0.6 is 0 Å². The van der Waals surface area contributed by atoms with E-state index in [-0.39, 0.29) is 24.8 Å². The average molecular weight is 377 g/mol. The van der Waals surface area contributed by atoms with Gasteiger partial charge in [-0.05, 0) is 25.0 Å². The number of aliphatic carboxylic acids is 1. The molecule has 1 atom stereocenters. The Bertz CT molecular complexity index is 979. The van der Waals surface area contributed by atoms with Gasteiger partial charge in [-0.3, -0.25) is 14.2 Å². The van der Waals surface area contributed by atoms with Crippen LogP contribution in [0.3, 0.4) is 0 Å². The molecule has 0 saturated carbocycles. The van der Waals surface area contributed by atoms with E-state index in [0.717, 1.165) is 0 Å². The second kappa shape index (κ2) is 8.65. The van der Waals surface area contributed by atoms with E-state index in [0.29, 0.717) is 10.1 Å². The Hall–Kier alpha value is -3.63. The molecule has 2 aromatic rings. The van der Waals surface area contributed by atoms with Gasteiger partial charge in [0.1, 0.15) is 12.6 Å². The van der Waals surface area contributed by atoms with Crippen LogP contribution in [-0.2, 0) is 16.1 Å². The van der Waals surface area contributed by atoms with Gasteiger partial charge in [-0.25, -0.2) is 14.4 Å². The van der Waals surface area contributed by atoms with Gasteiger partial charge in [-0.1, -0.05) is 12.1 Å². The third-order valence-corrected chi connectivity index (χ3v) is 3.79. The van der Waals surface area contributed by atoms with E-state index in [2.05, 4.69) is 15.6 Å². The van der Waals surface area contributed by atoms with Crippen molar-refractivity contribution >= 4 is 28.8 Å². The van der Waals surface area contributed by atoms with Crippen molar-refractivity contribution in [2.45, 2.75) is 25.4 Å². The molecule has 11 heteroatoms. The Morgan fingerprint density at radius 2 is 1.93 bits per heavy atom. The molecule has 27 heavy (non-hydrogen) atoms. The summed E-state index contributed by atoms with van der Waals surface area (Å²) in [4.78, 5) is 60.9. The van der Waals surface area contributed by atoms with Gasteiger partial charge in [-0.15, -0.1) is 0 Å². The number of hydrogen-bond acceptors (Lipinski definition) is 5. The summed E-state index contributed by atoms with van der Waals surface area (Å²) in [5, 5.41) is 14.0. The maximum Gasteiger partial charge on any atom is 0.329 e. The van der Waals surface area contributed by atoms with E-state index in [1.165, 1.54) is 6.07 Å². The molecule has 1 aromatic heterocycles. The molecule has 2 rings (SSSR count). The molecule has 0 aliphatic carbocycles. The minimum atomic E-state index is -1.28. The number of aromatic nitrogens is 2. The molecule has 0 bridgehead atoms. The van der Waals surface area contributed by atoms with Gasteiger partial charge < -0.3 is 26.5 Å². The number of carbonyl (C=O) groups is 3. The Morgan fingerprint density at radius 3 is 2.59 bits per heavy atom. The zero-order valence-corrected chi connectivity index (χ0v) is 14.2. The van der Waals surface area contributed by atoms with Crippen LogP contribution in [0.5, 0.6) is 0 Å². The quantitative estimate of drug-likeness (QED) is 0.357. The zero-order chi connectivity index (χ0) is 20.0. The second-order valence-electron chi connectivity index (χ2n) is 5.76. The monoisotopic (exact) mass is 377 g/mol. The molecule has 0 saturated heterocycles. The highest BCUT2D eigenvalue weighted by Crippen LogP contribution is 2.03. The Kier molecular flexibility index (Phi) is 6.31. The molecule has 1 aromatic carbocycles. The van der Waals surface area contributed by atoms with Crippen molar-refractivity contribution in [1.82, 2.24) is 20.2 Å². The van der Waals surface area contributed by atoms with Gasteiger partial charge in [0.2, 0.25) is 5.91 Å². The number of benzene rings is 1. The number of rotatable bonds is 8. The lowest BCUT2D eigenvalue weighted by atomic mass is 10.1. The molecule has 1 heterocycles. The maximum absolute atomic E-state index is 12.4. The smallest absolute Gasteiger partial charge is 0.329 e. The number of fused-ring (bicyclic) bond motifs is 1. The van der Waals surface area contributed by atoms with Crippen LogP contribution in [-0.4, -0.2) is 45.2 Å². The topological polar surface area (TPSA) is 176 Å². The molecule has 0 radical (unpaired) electrons. The Balaban J connectivity index is 2.08. The SMILES string of the molecule is NC(=O)NCCC[C@@H](NC(=O)Cn1c(=O)[nH]c2ccccc2c1=O)C(=O)O. The number of carboxylic acids is 1. The van der Waals surface area contributed by atoms with Crippen molar-refractivity contribution in [3.05, 3.63) is 45.1 Å². The fourth-order valence-electron chi connectivity index (χ4n) is 2.50. The van der Waals surface area contributed by atoms with Crippen LogP contribution in [0.15, 0.2) is 33.9 Å². The summed E-state index contributed by atoms with van der Waals surface area (Å²) in [6.45, 7) is -0.471. The van der Waals surface area contributed by atoms with Gasteiger partial charge in [-0.2, -0.15) is 0 Å². The van der Waals surface area contributed by atoms with Crippen molar-refractivity contribution in [2.75, 3.05) is 6.54 Å². The predicted octanol–water partition coefficient (Wildman–Crippen LogP) is -1.29. The minimum Gasteiger partial charge on any atom is -0.480 e. The van der Waals surface area contributed by atoms with Gasteiger partial charge in [0.05, 0.1) is 10.9 Å². The predicted molar refractivity (Wildman–Crippen MR) is 95.2 cm³/mol. The lowest BCUT2D eigenvalue weighted by Crippen LogP contribution is -2.46. The third-order valence-electron chi connectivity index (χ3n) is 3.79. The molecule has 0 fully saturated rings. The molecular formula is C16H19N5O6. The molecule has 0 aliphatic heterocycles. The summed E-state index contributed by atoms with van der Waals surface area (Å²) >= 11 is 0. The normalized spacial score (nSPS) is 11.7. The van der Waals surface area contributed by atoms with Crippen LogP contribution in [0, 0.1) is 0 Å². The highest BCUT2D eigenvalue weighted by Gasteiger charge is 2.20. The Morgan fingerprint density at radius 1 is 1.22 bits per heavy atom. The van der Waals surface area contributed by atoms with Crippen LogP contribution in [0.1, 0.15) is 12.8 Å². The lowest BCUT2D eigenvalue weighted by Gasteiger charge is -2.15. The van der Waals surface area contributed by atoms with Crippen molar-refractivity contribution in [3.8, 4) is 0 Å². The number of para-hydroxylation sites is 1. The Labute approximate surface area is 152 Å². The number of aromatic amines is 1. The summed E-state index contributed by atoms with van der Waals surface area (Å²) in [5.74, 6) is -2.07. The van der Waals surface area contributed by atoms with Crippen LogP contribution in [0.25, 0.3) is 10.9 Å². The summed E-state index contributed by atoms with van der Waals surface area (Å²) in [6.07, 6.45) is 0.293. The second-order valence-corrected chi connectivity index (χ2v) is 5.76. The average Bonchev–Trinajstić information content (AvgIpc) is 2.60. The van der Waals surface area contributed by atoms with E-state index < -0.39 is 41.7 Å². The fourth-order valence-corrected chi connectivity index (χ4v) is 2.50. The molecule has 0 aliphatic rings. The van der Waals surface area contributed by atoms with E-state index in [1.54, 1.807) is 18.2 Å². The van der Waals surface area contributed by atoms with Gasteiger partial charge >= 0.3 is 17.7 Å². The number of nitrogens with one attached hydrogen (secondary N) is 3. The maximum atomic E-state index is 12.4. The molecule has 0 unspecified atom stereocenters. The summed E-state index contributed by atoms with van der Waals surface area (Å²) in [6, 6.07) is 4.37.